The molecule has 0 saturated carbocycles. The van der Waals surface area contributed by atoms with Gasteiger partial charge in [-0.25, -0.2) is 0 Å². The minimum atomic E-state index is -0.841. The summed E-state index contributed by atoms with van der Waals surface area (Å²) < 4.78 is 5.52. The second kappa shape index (κ2) is 6.47. The van der Waals surface area contributed by atoms with Crippen LogP contribution in [0.4, 0.5) is 0 Å². The summed E-state index contributed by atoms with van der Waals surface area (Å²) in [4.78, 5) is 12.5. The van der Waals surface area contributed by atoms with Crippen LogP contribution in [0.15, 0.2) is 24.3 Å². The van der Waals surface area contributed by atoms with Crippen molar-refractivity contribution < 1.29 is 14.6 Å². The lowest BCUT2D eigenvalue weighted by Crippen LogP contribution is -2.35. The predicted molar refractivity (Wildman–Crippen MR) is 66.7 cm³/mol. The zero-order valence-corrected chi connectivity index (χ0v) is 10.6. The Bertz CT molecular complexity index is 382. The quantitative estimate of drug-likeness (QED) is 0.848. The van der Waals surface area contributed by atoms with E-state index in [-0.39, 0.29) is 12.5 Å². The Morgan fingerprint density at radius 2 is 2.12 bits per heavy atom. The first-order valence-corrected chi connectivity index (χ1v) is 5.64. The van der Waals surface area contributed by atoms with Crippen molar-refractivity contribution in [1.82, 2.24) is 4.90 Å². The highest BCUT2D eigenvalue weighted by atomic mass is 35.5. The summed E-state index contributed by atoms with van der Waals surface area (Å²) in [6.45, 7) is 0.295. The molecule has 1 rings (SSSR count). The Morgan fingerprint density at radius 1 is 1.47 bits per heavy atom. The molecule has 1 aromatic carbocycles. The SMILES string of the molecule is CN(C)C(COc1ccccc1Cl)CC(=O)O. The van der Waals surface area contributed by atoms with E-state index < -0.39 is 5.97 Å². The van der Waals surface area contributed by atoms with Gasteiger partial charge in [-0.3, -0.25) is 4.79 Å². The average Bonchev–Trinajstić information content (AvgIpc) is 2.25. The second-order valence-corrected chi connectivity index (χ2v) is 4.36. The molecule has 0 spiro atoms. The van der Waals surface area contributed by atoms with Gasteiger partial charge in [0, 0.05) is 0 Å². The largest absolute Gasteiger partial charge is 0.490 e. The number of halogens is 1. The van der Waals surface area contributed by atoms with E-state index in [1.54, 1.807) is 12.1 Å². The van der Waals surface area contributed by atoms with Crippen molar-refractivity contribution in [2.75, 3.05) is 20.7 Å². The zero-order chi connectivity index (χ0) is 12.8. The van der Waals surface area contributed by atoms with Crippen LogP contribution in [0.5, 0.6) is 5.75 Å². The molecule has 0 amide bonds. The Hall–Kier alpha value is -1.26. The number of likely N-dealkylation sites (N-methyl/N-ethyl adjacent to an activating group) is 1. The number of ether oxygens (including phenoxy) is 1. The standard InChI is InChI=1S/C12H16ClNO3/c1-14(2)9(7-12(15)16)8-17-11-6-4-3-5-10(11)13/h3-6,9H,7-8H2,1-2H3,(H,15,16). The molecule has 0 aliphatic carbocycles. The zero-order valence-electron chi connectivity index (χ0n) is 9.89. The Kier molecular flexibility index (Phi) is 5.25. The summed E-state index contributed by atoms with van der Waals surface area (Å²) in [6.07, 6.45) is 0.0391. The summed E-state index contributed by atoms with van der Waals surface area (Å²) >= 11 is 5.94. The van der Waals surface area contributed by atoms with Gasteiger partial charge in [-0.15, -0.1) is 0 Å². The smallest absolute Gasteiger partial charge is 0.305 e. The first-order valence-electron chi connectivity index (χ1n) is 5.26. The fourth-order valence-electron chi connectivity index (χ4n) is 1.34. The Balaban J connectivity index is 2.58. The average molecular weight is 258 g/mol. The predicted octanol–water partition coefficient (Wildman–Crippen LogP) is 2.12. The van der Waals surface area contributed by atoms with E-state index in [0.717, 1.165) is 0 Å². The molecule has 0 heterocycles. The molecule has 0 aliphatic heterocycles. The van der Waals surface area contributed by atoms with Gasteiger partial charge in [0.25, 0.3) is 0 Å². The molecule has 0 aromatic heterocycles. The molecule has 17 heavy (non-hydrogen) atoms. The number of aliphatic carboxylic acids is 1. The highest BCUT2D eigenvalue weighted by Crippen LogP contribution is 2.23. The summed E-state index contributed by atoms with van der Waals surface area (Å²) in [5.41, 5.74) is 0. The highest BCUT2D eigenvalue weighted by molar-refractivity contribution is 6.32. The molecule has 5 heteroatoms. The Morgan fingerprint density at radius 3 is 2.65 bits per heavy atom. The number of carboxylic acids is 1. The molecule has 0 aliphatic rings. The van der Waals surface area contributed by atoms with Gasteiger partial charge in [-0.05, 0) is 26.2 Å². The summed E-state index contributed by atoms with van der Waals surface area (Å²) in [5.74, 6) is -0.266. The second-order valence-electron chi connectivity index (χ2n) is 3.96. The number of para-hydroxylation sites is 1. The first kappa shape index (κ1) is 13.8. The fraction of sp³-hybridized carbons (Fsp3) is 0.417. The highest BCUT2D eigenvalue weighted by Gasteiger charge is 2.16. The van der Waals surface area contributed by atoms with Crippen molar-refractivity contribution in [3.05, 3.63) is 29.3 Å². The normalized spacial score (nSPS) is 12.5. The van der Waals surface area contributed by atoms with Crippen molar-refractivity contribution in [1.29, 1.82) is 0 Å². The third-order valence-corrected chi connectivity index (χ3v) is 2.72. The van der Waals surface area contributed by atoms with Crippen LogP contribution in [-0.2, 0) is 4.79 Å². The van der Waals surface area contributed by atoms with Crippen LogP contribution in [0.1, 0.15) is 6.42 Å². The van der Waals surface area contributed by atoms with Crippen LogP contribution >= 0.6 is 11.6 Å². The molecule has 4 nitrogen and oxygen atoms in total. The summed E-state index contributed by atoms with van der Waals surface area (Å²) in [6, 6.07) is 6.96. The maximum Gasteiger partial charge on any atom is 0.305 e. The van der Waals surface area contributed by atoms with Crippen molar-refractivity contribution in [2.24, 2.45) is 0 Å². The number of hydrogen-bond donors (Lipinski definition) is 1. The van der Waals surface area contributed by atoms with Gasteiger partial charge in [0.2, 0.25) is 0 Å². The molecule has 94 valence electrons. The lowest BCUT2D eigenvalue weighted by molar-refractivity contribution is -0.138. The molecule has 0 radical (unpaired) electrons. The maximum atomic E-state index is 10.7. The van der Waals surface area contributed by atoms with Crippen LogP contribution in [0, 0.1) is 0 Å². The molecule has 0 saturated heterocycles. The topological polar surface area (TPSA) is 49.8 Å². The van der Waals surface area contributed by atoms with E-state index in [1.807, 2.05) is 31.1 Å². The number of hydrogen-bond acceptors (Lipinski definition) is 3. The summed E-state index contributed by atoms with van der Waals surface area (Å²) in [5, 5.41) is 9.30. The van der Waals surface area contributed by atoms with Gasteiger partial charge in [-0.1, -0.05) is 23.7 Å². The van der Waals surface area contributed by atoms with Crippen LogP contribution in [-0.4, -0.2) is 42.7 Å². The lowest BCUT2D eigenvalue weighted by atomic mass is 10.2. The fourth-order valence-corrected chi connectivity index (χ4v) is 1.53. The molecule has 1 N–H and O–H groups in total. The van der Waals surface area contributed by atoms with Crippen LogP contribution in [0.2, 0.25) is 5.02 Å². The molecule has 1 atom stereocenters. The van der Waals surface area contributed by atoms with Crippen LogP contribution in [0.25, 0.3) is 0 Å². The van der Waals surface area contributed by atoms with E-state index >= 15 is 0 Å². The summed E-state index contributed by atoms with van der Waals surface area (Å²) in [7, 11) is 3.65. The van der Waals surface area contributed by atoms with Crippen molar-refractivity contribution in [3.63, 3.8) is 0 Å². The maximum absolute atomic E-state index is 10.7. The van der Waals surface area contributed by atoms with Crippen molar-refractivity contribution in [2.45, 2.75) is 12.5 Å². The number of carbonyl (C=O) groups is 1. The third-order valence-electron chi connectivity index (χ3n) is 2.41. The van der Waals surface area contributed by atoms with Gasteiger partial charge < -0.3 is 14.7 Å². The molecule has 0 fully saturated rings. The van der Waals surface area contributed by atoms with Crippen molar-refractivity contribution in [3.8, 4) is 5.75 Å². The van der Waals surface area contributed by atoms with Crippen LogP contribution in [0.3, 0.4) is 0 Å². The molecular weight excluding hydrogens is 242 g/mol. The third kappa shape index (κ3) is 4.63. The van der Waals surface area contributed by atoms with Gasteiger partial charge in [-0.2, -0.15) is 0 Å². The Labute approximate surface area is 106 Å². The molecule has 1 aromatic rings. The minimum Gasteiger partial charge on any atom is -0.490 e. The van der Waals surface area contributed by atoms with Gasteiger partial charge in [0.15, 0.2) is 0 Å². The molecule has 0 bridgehead atoms. The monoisotopic (exact) mass is 257 g/mol. The van der Waals surface area contributed by atoms with Crippen LogP contribution < -0.4 is 4.74 Å². The van der Waals surface area contributed by atoms with E-state index in [0.29, 0.717) is 17.4 Å². The number of carboxylic acid groups (broad SMARTS) is 1. The van der Waals surface area contributed by atoms with E-state index in [2.05, 4.69) is 0 Å². The number of rotatable bonds is 6. The molecule has 1 unspecified atom stereocenters. The van der Waals surface area contributed by atoms with Gasteiger partial charge in [0.1, 0.15) is 12.4 Å². The van der Waals surface area contributed by atoms with E-state index in [1.165, 1.54) is 0 Å². The number of benzene rings is 1. The minimum absolute atomic E-state index is 0.0391. The first-order chi connectivity index (χ1) is 8.00. The molecular formula is C12H16ClNO3. The van der Waals surface area contributed by atoms with E-state index in [9.17, 15) is 4.79 Å². The lowest BCUT2D eigenvalue weighted by Gasteiger charge is -2.23. The van der Waals surface area contributed by atoms with Gasteiger partial charge in [0.05, 0.1) is 17.5 Å². The van der Waals surface area contributed by atoms with E-state index in [4.69, 9.17) is 21.4 Å². The van der Waals surface area contributed by atoms with Crippen molar-refractivity contribution >= 4 is 17.6 Å². The van der Waals surface area contributed by atoms with Gasteiger partial charge >= 0.3 is 5.97 Å². The number of nitrogens with zero attached hydrogens (tertiary/aromatic N) is 1.